The Balaban J connectivity index is 1.82. The Morgan fingerprint density at radius 2 is 1.88 bits per heavy atom. The van der Waals surface area contributed by atoms with Crippen molar-refractivity contribution in [3.8, 4) is 0 Å². The molecule has 0 aliphatic rings. The molecule has 132 valence electrons. The number of benzene rings is 2. The van der Waals surface area contributed by atoms with Crippen molar-refractivity contribution in [2.75, 3.05) is 0 Å². The van der Waals surface area contributed by atoms with Gasteiger partial charge in [-0.2, -0.15) is 0 Å². The van der Waals surface area contributed by atoms with Gasteiger partial charge in [0.25, 0.3) is 0 Å². The summed E-state index contributed by atoms with van der Waals surface area (Å²) in [5, 5.41) is 5.00. The van der Waals surface area contributed by atoms with Crippen LogP contribution in [0.5, 0.6) is 0 Å². The second-order valence-corrected chi connectivity index (χ2v) is 6.98. The van der Waals surface area contributed by atoms with Crippen LogP contribution in [0.2, 0.25) is 5.02 Å². The van der Waals surface area contributed by atoms with Crippen LogP contribution in [-0.4, -0.2) is 5.71 Å². The van der Waals surface area contributed by atoms with Crippen molar-refractivity contribution in [1.29, 1.82) is 0 Å². The van der Waals surface area contributed by atoms with Gasteiger partial charge in [0.05, 0.1) is 5.71 Å². The number of nitrogens with zero attached hydrogens (tertiary/aromatic N) is 1. The zero-order valence-electron chi connectivity index (χ0n) is 15.3. The van der Waals surface area contributed by atoms with Gasteiger partial charge in [0, 0.05) is 17.4 Å². The molecular formula is C22H26ClNO. The van der Waals surface area contributed by atoms with Crippen LogP contribution in [-0.2, 0) is 17.7 Å². The van der Waals surface area contributed by atoms with Crippen molar-refractivity contribution in [2.24, 2.45) is 11.1 Å². The van der Waals surface area contributed by atoms with Crippen molar-refractivity contribution < 1.29 is 4.84 Å². The van der Waals surface area contributed by atoms with Gasteiger partial charge in [0.1, 0.15) is 5.76 Å². The van der Waals surface area contributed by atoms with E-state index in [0.29, 0.717) is 12.2 Å². The van der Waals surface area contributed by atoms with E-state index in [4.69, 9.17) is 16.4 Å². The van der Waals surface area contributed by atoms with E-state index in [2.05, 4.69) is 49.0 Å². The van der Waals surface area contributed by atoms with Gasteiger partial charge in [-0.1, -0.05) is 72.7 Å². The third kappa shape index (κ3) is 6.39. The normalized spacial score (nSPS) is 12.7. The van der Waals surface area contributed by atoms with E-state index in [1.807, 2.05) is 32.0 Å². The number of allylic oxidation sites excluding steroid dienone is 1. The summed E-state index contributed by atoms with van der Waals surface area (Å²) >= 11 is 6.17. The highest BCUT2D eigenvalue weighted by molar-refractivity contribution is 6.31. The molecule has 0 aromatic heterocycles. The van der Waals surface area contributed by atoms with E-state index in [1.54, 1.807) is 0 Å². The maximum absolute atomic E-state index is 6.17. The molecule has 0 N–H and O–H groups in total. The van der Waals surface area contributed by atoms with Crippen LogP contribution in [0.3, 0.4) is 0 Å². The molecule has 0 bridgehead atoms. The van der Waals surface area contributed by atoms with Crippen molar-refractivity contribution in [3.05, 3.63) is 82.6 Å². The van der Waals surface area contributed by atoms with Crippen molar-refractivity contribution in [2.45, 2.75) is 40.0 Å². The molecule has 1 unspecified atom stereocenters. The summed E-state index contributed by atoms with van der Waals surface area (Å²) in [6.07, 6.45) is 2.71. The van der Waals surface area contributed by atoms with Crippen molar-refractivity contribution in [3.63, 3.8) is 0 Å². The van der Waals surface area contributed by atoms with Gasteiger partial charge in [0.2, 0.25) is 0 Å². The smallest absolute Gasteiger partial charge is 0.130 e. The first-order valence-electron chi connectivity index (χ1n) is 8.64. The zero-order valence-corrected chi connectivity index (χ0v) is 16.0. The summed E-state index contributed by atoms with van der Waals surface area (Å²) in [6.45, 7) is 10.1. The van der Waals surface area contributed by atoms with E-state index in [9.17, 15) is 0 Å². The topological polar surface area (TPSA) is 21.6 Å². The molecule has 0 saturated heterocycles. The van der Waals surface area contributed by atoms with Gasteiger partial charge in [-0.25, -0.2) is 0 Å². The molecule has 0 fully saturated rings. The maximum Gasteiger partial charge on any atom is 0.130 e. The van der Waals surface area contributed by atoms with E-state index < -0.39 is 0 Å². The third-order valence-corrected chi connectivity index (χ3v) is 4.68. The van der Waals surface area contributed by atoms with Gasteiger partial charge in [-0.15, -0.1) is 0 Å². The Labute approximate surface area is 156 Å². The summed E-state index contributed by atoms with van der Waals surface area (Å²) in [7, 11) is 0. The highest BCUT2D eigenvalue weighted by atomic mass is 35.5. The van der Waals surface area contributed by atoms with Gasteiger partial charge < -0.3 is 4.84 Å². The van der Waals surface area contributed by atoms with E-state index in [-0.39, 0.29) is 5.92 Å². The quantitative estimate of drug-likeness (QED) is 0.306. The fraction of sp³-hybridized carbons (Fsp3) is 0.318. The lowest BCUT2D eigenvalue weighted by Crippen LogP contribution is -2.04. The summed E-state index contributed by atoms with van der Waals surface area (Å²) < 4.78 is 0. The Morgan fingerprint density at radius 3 is 2.56 bits per heavy atom. The molecular weight excluding hydrogens is 330 g/mol. The standard InChI is InChI=1S/C22H26ClNO/c1-16(10-12-20-8-6-5-7-9-20)19(4)25-24-18(3)14-21-13-11-17(2)22(23)15-21/h5-9,11,13,15-16H,4,10,12,14H2,1-3H3/b24-18+. The minimum absolute atomic E-state index is 0.255. The van der Waals surface area contributed by atoms with Crippen LogP contribution >= 0.6 is 11.6 Å². The Hall–Kier alpha value is -2.06. The maximum atomic E-state index is 6.17. The summed E-state index contributed by atoms with van der Waals surface area (Å²) in [5.74, 6) is 0.961. The van der Waals surface area contributed by atoms with Crippen molar-refractivity contribution in [1.82, 2.24) is 0 Å². The molecule has 0 saturated carbocycles. The second kappa shape index (κ2) is 9.43. The molecule has 0 aliphatic carbocycles. The predicted octanol–water partition coefficient (Wildman–Crippen LogP) is 6.37. The van der Waals surface area contributed by atoms with Gasteiger partial charge in [0.15, 0.2) is 0 Å². The lowest BCUT2D eigenvalue weighted by Gasteiger charge is -2.13. The van der Waals surface area contributed by atoms with Crippen LogP contribution < -0.4 is 0 Å². The molecule has 25 heavy (non-hydrogen) atoms. The summed E-state index contributed by atoms with van der Waals surface area (Å²) in [4.78, 5) is 5.54. The number of hydrogen-bond acceptors (Lipinski definition) is 2. The average molecular weight is 356 g/mol. The van der Waals surface area contributed by atoms with E-state index >= 15 is 0 Å². The monoisotopic (exact) mass is 355 g/mol. The Morgan fingerprint density at radius 1 is 1.16 bits per heavy atom. The molecule has 2 rings (SSSR count). The SMILES string of the molecule is C=C(O/N=C(\C)Cc1ccc(C)c(Cl)c1)C(C)CCc1ccccc1. The highest BCUT2D eigenvalue weighted by Gasteiger charge is 2.09. The fourth-order valence-corrected chi connectivity index (χ4v) is 2.69. The van der Waals surface area contributed by atoms with Crippen LogP contribution in [0, 0.1) is 12.8 Å². The van der Waals surface area contributed by atoms with Crippen molar-refractivity contribution >= 4 is 17.3 Å². The lowest BCUT2D eigenvalue weighted by atomic mass is 10.00. The number of halogens is 1. The molecule has 2 aromatic carbocycles. The second-order valence-electron chi connectivity index (χ2n) is 6.57. The molecule has 0 heterocycles. The number of oxime groups is 1. The van der Waals surface area contributed by atoms with Gasteiger partial charge in [-0.3, -0.25) is 0 Å². The largest absolute Gasteiger partial charge is 0.362 e. The van der Waals surface area contributed by atoms with E-state index in [1.165, 1.54) is 5.56 Å². The molecule has 3 heteroatoms. The third-order valence-electron chi connectivity index (χ3n) is 4.27. The Bertz CT molecular complexity index is 737. The molecule has 0 radical (unpaired) electrons. The molecule has 2 nitrogen and oxygen atoms in total. The first-order valence-corrected chi connectivity index (χ1v) is 9.01. The Kier molecular flexibility index (Phi) is 7.27. The van der Waals surface area contributed by atoms with Crippen LogP contribution in [0.25, 0.3) is 0 Å². The molecule has 1 atom stereocenters. The zero-order chi connectivity index (χ0) is 18.2. The highest BCUT2D eigenvalue weighted by Crippen LogP contribution is 2.19. The van der Waals surface area contributed by atoms with Crippen LogP contribution in [0.4, 0.5) is 0 Å². The molecule has 0 spiro atoms. The van der Waals surface area contributed by atoms with Gasteiger partial charge >= 0.3 is 0 Å². The first-order chi connectivity index (χ1) is 12.0. The lowest BCUT2D eigenvalue weighted by molar-refractivity contribution is 0.191. The summed E-state index contributed by atoms with van der Waals surface area (Å²) in [6, 6.07) is 16.5. The van der Waals surface area contributed by atoms with Gasteiger partial charge in [-0.05, 0) is 49.4 Å². The minimum atomic E-state index is 0.255. The van der Waals surface area contributed by atoms with Crippen LogP contribution in [0.15, 0.2) is 66.0 Å². The fourth-order valence-electron chi connectivity index (χ4n) is 2.49. The van der Waals surface area contributed by atoms with E-state index in [0.717, 1.165) is 34.7 Å². The number of rotatable bonds is 8. The molecule has 0 amide bonds. The molecule has 2 aromatic rings. The summed E-state index contributed by atoms with van der Waals surface area (Å²) in [5.41, 5.74) is 4.44. The molecule has 0 aliphatic heterocycles. The number of aryl methyl sites for hydroxylation is 2. The number of hydrogen-bond donors (Lipinski definition) is 0. The van der Waals surface area contributed by atoms with Crippen LogP contribution in [0.1, 0.15) is 37.0 Å². The average Bonchev–Trinajstić information content (AvgIpc) is 2.61. The first kappa shape index (κ1) is 19.3. The minimum Gasteiger partial charge on any atom is -0.362 e. The predicted molar refractivity (Wildman–Crippen MR) is 107 cm³/mol.